The Morgan fingerprint density at radius 1 is 1.36 bits per heavy atom. The van der Waals surface area contributed by atoms with E-state index < -0.39 is 17.4 Å². The highest BCUT2D eigenvalue weighted by molar-refractivity contribution is 5.91. The maximum Gasteiger partial charge on any atom is 0.305 e. The van der Waals surface area contributed by atoms with Gasteiger partial charge in [0, 0.05) is 18.5 Å². The van der Waals surface area contributed by atoms with E-state index in [0.29, 0.717) is 0 Å². The van der Waals surface area contributed by atoms with E-state index in [2.05, 4.69) is 10.6 Å². The van der Waals surface area contributed by atoms with Gasteiger partial charge in [-0.25, -0.2) is 0 Å². The van der Waals surface area contributed by atoms with E-state index in [-0.39, 0.29) is 37.0 Å². The minimum absolute atomic E-state index is 0.0368. The van der Waals surface area contributed by atoms with Gasteiger partial charge in [-0.3, -0.25) is 14.4 Å². The Morgan fingerprint density at radius 2 is 2.05 bits per heavy atom. The van der Waals surface area contributed by atoms with Crippen LogP contribution in [0.5, 0.6) is 0 Å². The van der Waals surface area contributed by atoms with Gasteiger partial charge in [-0.05, 0) is 25.0 Å². The summed E-state index contributed by atoms with van der Waals surface area (Å²) in [5, 5.41) is 14.2. The minimum atomic E-state index is -0.970. The fourth-order valence-electron chi connectivity index (χ4n) is 1.87. The van der Waals surface area contributed by atoms with Crippen LogP contribution in [-0.4, -0.2) is 35.0 Å². The van der Waals surface area contributed by atoms with Crippen LogP contribution in [0.4, 0.5) is 0 Å². The fourth-order valence-corrected chi connectivity index (χ4v) is 1.87. The topological polar surface area (TPSA) is 109 Å². The second-order valence-electron chi connectivity index (χ2n) is 5.67. The molecule has 122 valence electrons. The maximum absolute atomic E-state index is 11.9. The van der Waals surface area contributed by atoms with E-state index in [1.807, 2.05) is 13.8 Å². The van der Waals surface area contributed by atoms with Gasteiger partial charge in [-0.1, -0.05) is 13.8 Å². The Morgan fingerprint density at radius 3 is 2.55 bits per heavy atom. The van der Waals surface area contributed by atoms with Crippen LogP contribution < -0.4 is 10.6 Å². The number of furan rings is 1. The molecule has 1 atom stereocenters. The lowest BCUT2D eigenvalue weighted by Gasteiger charge is -2.33. The molecule has 0 radical (unpaired) electrons. The summed E-state index contributed by atoms with van der Waals surface area (Å²) in [7, 11) is 0. The van der Waals surface area contributed by atoms with Crippen LogP contribution in [0.25, 0.3) is 0 Å². The van der Waals surface area contributed by atoms with Gasteiger partial charge < -0.3 is 20.2 Å². The number of carbonyl (C=O) groups excluding carboxylic acids is 2. The lowest BCUT2D eigenvalue weighted by molar-refractivity contribution is -0.139. The quantitative estimate of drug-likeness (QED) is 0.672. The maximum atomic E-state index is 11.9. The molecule has 3 N–H and O–H groups in total. The number of rotatable bonds is 8. The highest BCUT2D eigenvalue weighted by Crippen LogP contribution is 2.20. The second kappa shape index (κ2) is 7.63. The molecular formula is C15H22N2O5. The number of aliphatic carboxylic acids is 1. The molecular weight excluding hydrogens is 288 g/mol. The highest BCUT2D eigenvalue weighted by atomic mass is 16.4. The van der Waals surface area contributed by atoms with E-state index in [4.69, 9.17) is 9.52 Å². The van der Waals surface area contributed by atoms with Gasteiger partial charge in [0.2, 0.25) is 5.91 Å². The molecule has 0 fully saturated rings. The average molecular weight is 310 g/mol. The van der Waals surface area contributed by atoms with Gasteiger partial charge in [0.1, 0.15) is 0 Å². The van der Waals surface area contributed by atoms with Crippen molar-refractivity contribution >= 4 is 17.8 Å². The zero-order valence-corrected chi connectivity index (χ0v) is 13.0. The van der Waals surface area contributed by atoms with Crippen LogP contribution in [0.2, 0.25) is 0 Å². The molecule has 7 heteroatoms. The van der Waals surface area contributed by atoms with Gasteiger partial charge in [-0.15, -0.1) is 0 Å². The first-order valence-corrected chi connectivity index (χ1v) is 7.09. The van der Waals surface area contributed by atoms with E-state index in [1.54, 1.807) is 13.0 Å². The molecule has 1 aromatic rings. The largest absolute Gasteiger partial charge is 0.481 e. The van der Waals surface area contributed by atoms with Crippen molar-refractivity contribution in [3.8, 4) is 0 Å². The van der Waals surface area contributed by atoms with E-state index in [9.17, 15) is 14.4 Å². The predicted octanol–water partition coefficient (Wildman–Crippen LogP) is 1.41. The molecule has 1 unspecified atom stereocenters. The summed E-state index contributed by atoms with van der Waals surface area (Å²) in [6.45, 7) is 5.54. The van der Waals surface area contributed by atoms with Crippen molar-refractivity contribution in [1.29, 1.82) is 0 Å². The van der Waals surface area contributed by atoms with Crippen molar-refractivity contribution in [1.82, 2.24) is 10.6 Å². The monoisotopic (exact) mass is 310 g/mol. The normalized spacial score (nSPS) is 13.5. The third-order valence-electron chi connectivity index (χ3n) is 3.60. The highest BCUT2D eigenvalue weighted by Gasteiger charge is 2.32. The van der Waals surface area contributed by atoms with Crippen LogP contribution in [0, 0.1) is 5.92 Å². The molecule has 0 saturated carbocycles. The Labute approximate surface area is 129 Å². The van der Waals surface area contributed by atoms with Crippen LogP contribution >= 0.6 is 0 Å². The summed E-state index contributed by atoms with van der Waals surface area (Å²) in [6, 6.07) is 3.12. The number of carboxylic acids is 1. The minimum Gasteiger partial charge on any atom is -0.481 e. The Hall–Kier alpha value is -2.31. The lowest BCUT2D eigenvalue weighted by Crippen LogP contribution is -2.51. The smallest absolute Gasteiger partial charge is 0.305 e. The van der Waals surface area contributed by atoms with E-state index in [0.717, 1.165) is 0 Å². The molecule has 0 saturated heterocycles. The van der Waals surface area contributed by atoms with Crippen LogP contribution in [-0.2, 0) is 9.59 Å². The molecule has 0 aliphatic rings. The molecule has 0 bridgehead atoms. The fraction of sp³-hybridized carbons (Fsp3) is 0.533. The van der Waals surface area contributed by atoms with E-state index in [1.165, 1.54) is 12.3 Å². The number of carbonyl (C=O) groups is 3. The molecule has 0 aromatic carbocycles. The Bertz CT molecular complexity index is 524. The van der Waals surface area contributed by atoms with Crippen LogP contribution in [0.3, 0.4) is 0 Å². The molecule has 0 aliphatic carbocycles. The number of amides is 2. The number of hydrogen-bond donors (Lipinski definition) is 3. The molecule has 1 aromatic heterocycles. The summed E-state index contributed by atoms with van der Waals surface area (Å²) < 4.78 is 4.93. The van der Waals surface area contributed by atoms with Crippen molar-refractivity contribution in [3.05, 3.63) is 24.2 Å². The van der Waals surface area contributed by atoms with Crippen molar-refractivity contribution in [2.45, 2.75) is 39.2 Å². The molecule has 0 aliphatic heterocycles. The van der Waals surface area contributed by atoms with Gasteiger partial charge in [0.25, 0.3) is 5.91 Å². The molecule has 1 heterocycles. The summed E-state index contributed by atoms with van der Waals surface area (Å²) in [4.78, 5) is 34.5. The number of carboxylic acid groups (broad SMARTS) is 1. The Kier molecular flexibility index (Phi) is 6.15. The standard InChI is InChI=1S/C15H22N2O5/c1-10(2)15(3,9-13(19)20)17-12(18)6-7-16-14(21)11-5-4-8-22-11/h4-5,8,10H,6-7,9H2,1-3H3,(H,16,21)(H,17,18)(H,19,20). The molecule has 2 amide bonds. The van der Waals surface area contributed by atoms with Crippen molar-refractivity contribution in [3.63, 3.8) is 0 Å². The predicted molar refractivity (Wildman–Crippen MR) is 79.3 cm³/mol. The van der Waals surface area contributed by atoms with Gasteiger partial charge in [0.05, 0.1) is 12.7 Å². The van der Waals surface area contributed by atoms with Gasteiger partial charge >= 0.3 is 5.97 Å². The van der Waals surface area contributed by atoms with E-state index >= 15 is 0 Å². The molecule has 22 heavy (non-hydrogen) atoms. The zero-order valence-electron chi connectivity index (χ0n) is 13.0. The average Bonchev–Trinajstić information content (AvgIpc) is 2.90. The molecule has 1 rings (SSSR count). The third-order valence-corrected chi connectivity index (χ3v) is 3.60. The Balaban J connectivity index is 2.44. The zero-order chi connectivity index (χ0) is 16.8. The van der Waals surface area contributed by atoms with Crippen LogP contribution in [0.15, 0.2) is 22.8 Å². The number of nitrogens with one attached hydrogen (secondary N) is 2. The molecule has 0 spiro atoms. The van der Waals surface area contributed by atoms with Gasteiger partial charge in [0.15, 0.2) is 5.76 Å². The van der Waals surface area contributed by atoms with Gasteiger partial charge in [-0.2, -0.15) is 0 Å². The lowest BCUT2D eigenvalue weighted by atomic mass is 9.85. The SMILES string of the molecule is CC(C)C(C)(CC(=O)O)NC(=O)CCNC(=O)c1ccco1. The van der Waals surface area contributed by atoms with Crippen molar-refractivity contribution in [2.75, 3.05) is 6.54 Å². The van der Waals surface area contributed by atoms with Crippen molar-refractivity contribution in [2.24, 2.45) is 5.92 Å². The third kappa shape index (κ3) is 5.23. The first kappa shape index (κ1) is 17.7. The summed E-state index contributed by atoms with van der Waals surface area (Å²) in [6.07, 6.45) is 1.30. The van der Waals surface area contributed by atoms with Crippen molar-refractivity contribution < 1.29 is 23.9 Å². The van der Waals surface area contributed by atoms with Crippen LogP contribution in [0.1, 0.15) is 44.2 Å². The summed E-state index contributed by atoms with van der Waals surface area (Å²) >= 11 is 0. The first-order valence-electron chi connectivity index (χ1n) is 7.09. The summed E-state index contributed by atoms with van der Waals surface area (Å²) in [5.74, 6) is -1.53. The second-order valence-corrected chi connectivity index (χ2v) is 5.67. The first-order chi connectivity index (χ1) is 10.2. The summed E-state index contributed by atoms with van der Waals surface area (Å²) in [5.41, 5.74) is -0.825. The number of hydrogen-bond acceptors (Lipinski definition) is 4. The molecule has 7 nitrogen and oxygen atoms in total.